The number of amides is 1. The van der Waals surface area contributed by atoms with E-state index in [4.69, 9.17) is 13.9 Å². The van der Waals surface area contributed by atoms with Gasteiger partial charge in [-0.15, -0.1) is 11.3 Å². The van der Waals surface area contributed by atoms with Gasteiger partial charge in [0.25, 0.3) is 5.91 Å². The molecule has 0 aliphatic heterocycles. The summed E-state index contributed by atoms with van der Waals surface area (Å²) in [4.78, 5) is 17.1. The summed E-state index contributed by atoms with van der Waals surface area (Å²) in [6.45, 7) is 0. The number of nitrogens with one attached hydrogen (secondary N) is 1. The average Bonchev–Trinajstić information content (AvgIpc) is 3.35. The first-order valence-corrected chi connectivity index (χ1v) is 8.99. The maximum Gasteiger partial charge on any atom is 0.291 e. The third-order valence-electron chi connectivity index (χ3n) is 3.99. The Morgan fingerprint density at radius 2 is 1.93 bits per heavy atom. The van der Waals surface area contributed by atoms with E-state index in [0.717, 1.165) is 15.2 Å². The van der Waals surface area contributed by atoms with E-state index in [1.54, 1.807) is 37.4 Å². The summed E-state index contributed by atoms with van der Waals surface area (Å²) in [6, 6.07) is 16.4. The highest BCUT2D eigenvalue weighted by Crippen LogP contribution is 2.32. The number of carbonyl (C=O) groups is 1. The van der Waals surface area contributed by atoms with Crippen molar-refractivity contribution in [1.82, 2.24) is 4.98 Å². The molecule has 4 rings (SSSR count). The van der Waals surface area contributed by atoms with Crippen molar-refractivity contribution in [2.24, 2.45) is 0 Å². The number of rotatable bonds is 5. The zero-order valence-electron chi connectivity index (χ0n) is 14.7. The number of ether oxygens (including phenoxy) is 2. The van der Waals surface area contributed by atoms with E-state index in [2.05, 4.69) is 10.3 Å². The zero-order chi connectivity index (χ0) is 18.8. The van der Waals surface area contributed by atoms with Crippen molar-refractivity contribution in [2.45, 2.75) is 0 Å². The predicted molar refractivity (Wildman–Crippen MR) is 105 cm³/mol. The summed E-state index contributed by atoms with van der Waals surface area (Å²) >= 11 is 1.52. The monoisotopic (exact) mass is 380 g/mol. The quantitative estimate of drug-likeness (QED) is 0.537. The van der Waals surface area contributed by atoms with Gasteiger partial charge in [0.05, 0.1) is 30.1 Å². The van der Waals surface area contributed by atoms with E-state index in [1.807, 2.05) is 24.3 Å². The lowest BCUT2D eigenvalue weighted by Gasteiger charge is -2.10. The molecule has 136 valence electrons. The molecule has 0 fully saturated rings. The number of nitrogens with zero attached hydrogens (tertiary/aromatic N) is 1. The highest BCUT2D eigenvalue weighted by Gasteiger charge is 2.17. The summed E-state index contributed by atoms with van der Waals surface area (Å²) in [5, 5.41) is 3.52. The van der Waals surface area contributed by atoms with Gasteiger partial charge in [0.15, 0.2) is 16.5 Å². The molecular weight excluding hydrogens is 364 g/mol. The largest absolute Gasteiger partial charge is 0.497 e. The lowest BCUT2D eigenvalue weighted by Crippen LogP contribution is -2.11. The fourth-order valence-corrected chi connectivity index (χ4v) is 3.57. The van der Waals surface area contributed by atoms with Crippen LogP contribution in [-0.4, -0.2) is 25.1 Å². The first-order chi connectivity index (χ1) is 13.2. The molecule has 2 heterocycles. The number of anilines is 1. The van der Waals surface area contributed by atoms with E-state index < -0.39 is 0 Å². The summed E-state index contributed by atoms with van der Waals surface area (Å²) in [5.74, 6) is 1.53. The van der Waals surface area contributed by atoms with E-state index in [1.165, 1.54) is 18.4 Å². The molecule has 0 unspecified atom stereocenters. The van der Waals surface area contributed by atoms with Gasteiger partial charge < -0.3 is 19.2 Å². The first-order valence-electron chi connectivity index (χ1n) is 8.17. The molecule has 0 saturated carbocycles. The molecular formula is C20H16N2O4S. The molecule has 7 heteroatoms. The number of furan rings is 1. The van der Waals surface area contributed by atoms with Crippen LogP contribution in [0.2, 0.25) is 0 Å². The zero-order valence-corrected chi connectivity index (χ0v) is 15.5. The van der Waals surface area contributed by atoms with E-state index >= 15 is 0 Å². The van der Waals surface area contributed by atoms with Crippen molar-refractivity contribution >= 4 is 33.1 Å². The maximum atomic E-state index is 12.5. The van der Waals surface area contributed by atoms with Crippen molar-refractivity contribution in [2.75, 3.05) is 19.5 Å². The minimum Gasteiger partial charge on any atom is -0.497 e. The molecule has 4 aromatic rings. The van der Waals surface area contributed by atoms with Gasteiger partial charge in [-0.1, -0.05) is 12.1 Å². The Labute approximate surface area is 159 Å². The average molecular weight is 380 g/mol. The van der Waals surface area contributed by atoms with Crippen LogP contribution in [0, 0.1) is 0 Å². The topological polar surface area (TPSA) is 73.6 Å². The minimum atomic E-state index is -0.370. The third-order valence-corrected chi connectivity index (χ3v) is 5.04. The van der Waals surface area contributed by atoms with Crippen LogP contribution in [-0.2, 0) is 0 Å². The summed E-state index contributed by atoms with van der Waals surface area (Å²) in [7, 11) is 3.10. The number of methoxy groups -OCH3 is 2. The Morgan fingerprint density at radius 3 is 2.70 bits per heavy atom. The van der Waals surface area contributed by atoms with E-state index in [0.29, 0.717) is 22.9 Å². The molecule has 1 N–H and O–H groups in total. The molecule has 0 radical (unpaired) electrons. The Balaban J connectivity index is 1.57. The van der Waals surface area contributed by atoms with Crippen molar-refractivity contribution in [1.29, 1.82) is 0 Å². The number of para-hydroxylation sites is 1. The van der Waals surface area contributed by atoms with Gasteiger partial charge in [0, 0.05) is 6.07 Å². The number of aromatic nitrogens is 1. The van der Waals surface area contributed by atoms with Gasteiger partial charge in [-0.3, -0.25) is 4.79 Å². The summed E-state index contributed by atoms with van der Waals surface area (Å²) < 4.78 is 17.3. The predicted octanol–water partition coefficient (Wildman–Crippen LogP) is 4.83. The molecule has 0 atom stereocenters. The van der Waals surface area contributed by atoms with Crippen LogP contribution >= 0.6 is 11.3 Å². The number of benzene rings is 2. The van der Waals surface area contributed by atoms with E-state index in [9.17, 15) is 4.79 Å². The highest BCUT2D eigenvalue weighted by molar-refractivity contribution is 7.21. The second-order valence-corrected chi connectivity index (χ2v) is 6.70. The van der Waals surface area contributed by atoms with Crippen molar-refractivity contribution in [3.05, 3.63) is 60.4 Å². The van der Waals surface area contributed by atoms with Crippen LogP contribution in [0.15, 0.2) is 59.0 Å². The number of thiazole rings is 1. The van der Waals surface area contributed by atoms with Gasteiger partial charge in [-0.05, 0) is 36.4 Å². The van der Waals surface area contributed by atoms with Crippen LogP contribution in [0.4, 0.5) is 5.69 Å². The van der Waals surface area contributed by atoms with Crippen LogP contribution < -0.4 is 14.8 Å². The molecule has 1 amide bonds. The molecule has 0 aliphatic carbocycles. The second-order valence-electron chi connectivity index (χ2n) is 5.67. The van der Waals surface area contributed by atoms with Gasteiger partial charge in [0.1, 0.15) is 11.5 Å². The molecule has 0 spiro atoms. The molecule has 27 heavy (non-hydrogen) atoms. The molecule has 0 aliphatic rings. The fraction of sp³-hybridized carbons (Fsp3) is 0.100. The normalized spacial score (nSPS) is 10.7. The van der Waals surface area contributed by atoms with Crippen LogP contribution in [0.5, 0.6) is 11.5 Å². The van der Waals surface area contributed by atoms with Gasteiger partial charge in [-0.2, -0.15) is 0 Å². The Hall–Kier alpha value is -3.32. The minimum absolute atomic E-state index is 0.196. The number of fused-ring (bicyclic) bond motifs is 1. The SMILES string of the molecule is COc1ccc(NC(=O)c2ccc(-c3nc4ccccc4s3)o2)c(OC)c1. The summed E-state index contributed by atoms with van der Waals surface area (Å²) in [5.41, 5.74) is 1.43. The van der Waals surface area contributed by atoms with Gasteiger partial charge in [0.2, 0.25) is 0 Å². The van der Waals surface area contributed by atoms with Crippen molar-refractivity contribution < 1.29 is 18.7 Å². The number of carbonyl (C=O) groups excluding carboxylic acids is 1. The van der Waals surface area contributed by atoms with Crippen LogP contribution in [0.25, 0.3) is 21.0 Å². The third kappa shape index (κ3) is 3.37. The molecule has 6 nitrogen and oxygen atoms in total. The Morgan fingerprint density at radius 1 is 1.07 bits per heavy atom. The Kier molecular flexibility index (Phi) is 4.52. The number of hydrogen-bond acceptors (Lipinski definition) is 6. The maximum absolute atomic E-state index is 12.5. The lowest BCUT2D eigenvalue weighted by atomic mass is 10.2. The molecule has 0 bridgehead atoms. The van der Waals surface area contributed by atoms with Crippen molar-refractivity contribution in [3.63, 3.8) is 0 Å². The summed E-state index contributed by atoms with van der Waals surface area (Å²) in [6.07, 6.45) is 0. The standard InChI is InChI=1S/C20H16N2O4S/c1-24-12-7-8-13(17(11-12)25-2)21-19(23)15-9-10-16(26-15)20-22-14-5-3-4-6-18(14)27-20/h3-11H,1-2H3,(H,21,23). The fourth-order valence-electron chi connectivity index (χ4n) is 2.64. The van der Waals surface area contributed by atoms with Gasteiger partial charge >= 0.3 is 0 Å². The van der Waals surface area contributed by atoms with Crippen LogP contribution in [0.1, 0.15) is 10.6 Å². The second kappa shape index (κ2) is 7.13. The molecule has 2 aromatic carbocycles. The number of hydrogen-bond donors (Lipinski definition) is 1. The van der Waals surface area contributed by atoms with E-state index in [-0.39, 0.29) is 11.7 Å². The highest BCUT2D eigenvalue weighted by atomic mass is 32.1. The molecule has 0 saturated heterocycles. The lowest BCUT2D eigenvalue weighted by molar-refractivity contribution is 0.0997. The van der Waals surface area contributed by atoms with Crippen molar-refractivity contribution in [3.8, 4) is 22.3 Å². The smallest absolute Gasteiger partial charge is 0.291 e. The molecule has 2 aromatic heterocycles. The van der Waals surface area contributed by atoms with Gasteiger partial charge in [-0.25, -0.2) is 4.98 Å². The Bertz CT molecular complexity index is 1080. The first kappa shape index (κ1) is 17.1. The van der Waals surface area contributed by atoms with Crippen LogP contribution in [0.3, 0.4) is 0 Å².